The fourth-order valence-corrected chi connectivity index (χ4v) is 0.141. The molecule has 0 amide bonds. The molecule has 0 spiro atoms. The third-order valence-corrected chi connectivity index (χ3v) is 0.378. The number of hydrogen-bond acceptors (Lipinski definition) is 2. The molecule has 0 aromatic carbocycles. The molecule has 0 bridgehead atoms. The van der Waals surface area contributed by atoms with Crippen LogP contribution in [0.3, 0.4) is 0 Å². The Kier molecular flexibility index (Phi) is 3.10. The zero-order valence-electron chi connectivity index (χ0n) is 3.33. The molecule has 38 valence electrons. The molecule has 0 rings (SSSR count). The van der Waals surface area contributed by atoms with Crippen LogP contribution in [-0.4, -0.2) is 11.8 Å². The smallest absolute Gasteiger partial charge is 0.227 e. The zero-order valence-corrected chi connectivity index (χ0v) is 4.09. The minimum atomic E-state index is -0.641. The van der Waals surface area contributed by atoms with Crippen LogP contribution in [0.2, 0.25) is 0 Å². The molecule has 0 saturated carbocycles. The van der Waals surface area contributed by atoms with E-state index in [0.29, 0.717) is 0 Å². The average Bonchev–Trinajstić information content (AvgIpc) is 1.61. The summed E-state index contributed by atoms with van der Waals surface area (Å²) >= 11 is 4.75. The Morgan fingerprint density at radius 3 is 2.71 bits per heavy atom. The Hall–Kier alpha value is -0.730. The second-order valence-corrected chi connectivity index (χ2v) is 1.17. The minimum Gasteiger partial charge on any atom is -0.281 e. The average molecular weight is 120 g/mol. The van der Waals surface area contributed by atoms with Crippen LogP contribution in [0.4, 0.5) is 0 Å². The van der Waals surface area contributed by atoms with Crippen molar-refractivity contribution in [1.29, 1.82) is 0 Å². The van der Waals surface area contributed by atoms with Crippen molar-refractivity contribution in [1.82, 2.24) is 0 Å². The second-order valence-electron chi connectivity index (χ2n) is 0.744. The predicted molar refractivity (Wildman–Crippen MR) is 24.9 cm³/mol. The summed E-state index contributed by atoms with van der Waals surface area (Å²) in [4.78, 5) is 12.0. The van der Waals surface area contributed by atoms with Gasteiger partial charge in [-0.2, -0.15) is 0 Å². The van der Waals surface area contributed by atoms with Gasteiger partial charge >= 0.3 is 0 Å². The summed E-state index contributed by atoms with van der Waals surface area (Å²) in [6.07, 6.45) is 0. The lowest BCUT2D eigenvalue weighted by molar-refractivity contribution is -0.110. The van der Waals surface area contributed by atoms with Crippen molar-refractivity contribution in [2.24, 2.45) is 5.11 Å². The lowest BCUT2D eigenvalue weighted by atomic mass is 10.8. The van der Waals surface area contributed by atoms with Crippen LogP contribution < -0.4 is 0 Å². The summed E-state index contributed by atoms with van der Waals surface area (Å²) in [5, 5.41) is 2.23. The summed E-state index contributed by atoms with van der Waals surface area (Å²) in [6, 6.07) is 0. The maximum absolute atomic E-state index is 9.70. The van der Waals surface area contributed by atoms with Crippen molar-refractivity contribution in [2.75, 3.05) is 6.54 Å². The second kappa shape index (κ2) is 3.46. The SMILES string of the molecule is [N-]=[N+]=NCC(=O)Cl. The van der Waals surface area contributed by atoms with Crippen LogP contribution in [0.1, 0.15) is 0 Å². The molecule has 0 unspecified atom stereocenters. The molecule has 0 N–H and O–H groups in total. The molecule has 0 aromatic rings. The molecular formula is C2H2ClN3O. The number of rotatable bonds is 2. The minimum absolute atomic E-state index is 0.266. The van der Waals surface area contributed by atoms with Crippen LogP contribution in [0.5, 0.6) is 0 Å². The molecular weight excluding hydrogens is 117 g/mol. The summed E-state index contributed by atoms with van der Waals surface area (Å²) in [5.74, 6) is 0. The fourth-order valence-electron chi connectivity index (χ4n) is 0.0872. The van der Waals surface area contributed by atoms with Gasteiger partial charge in [0.2, 0.25) is 5.24 Å². The number of hydrogen-bond donors (Lipinski definition) is 0. The first-order valence-electron chi connectivity index (χ1n) is 1.46. The first-order chi connectivity index (χ1) is 3.27. The van der Waals surface area contributed by atoms with E-state index in [1.165, 1.54) is 0 Å². The van der Waals surface area contributed by atoms with E-state index in [2.05, 4.69) is 10.0 Å². The molecule has 0 aliphatic heterocycles. The first kappa shape index (κ1) is 6.27. The standard InChI is InChI=1S/C2H2ClN3O/c3-2(7)1-5-6-4/h1H2. The van der Waals surface area contributed by atoms with E-state index < -0.39 is 5.24 Å². The quantitative estimate of drug-likeness (QED) is 0.232. The van der Waals surface area contributed by atoms with Crippen LogP contribution in [0.25, 0.3) is 10.4 Å². The van der Waals surface area contributed by atoms with Gasteiger partial charge in [0.1, 0.15) is 6.54 Å². The highest BCUT2D eigenvalue weighted by Crippen LogP contribution is 1.78. The molecule has 0 radical (unpaired) electrons. The lowest BCUT2D eigenvalue weighted by Gasteiger charge is -1.71. The first-order valence-corrected chi connectivity index (χ1v) is 1.84. The summed E-state index contributed by atoms with van der Waals surface area (Å²) in [5.41, 5.74) is 7.56. The highest BCUT2D eigenvalue weighted by molar-refractivity contribution is 6.64. The van der Waals surface area contributed by atoms with Gasteiger partial charge in [-0.1, -0.05) is 5.11 Å². The van der Waals surface area contributed by atoms with Gasteiger partial charge in [-0.15, -0.1) is 0 Å². The van der Waals surface area contributed by atoms with E-state index in [1.807, 2.05) is 0 Å². The Labute approximate surface area is 44.7 Å². The molecule has 0 fully saturated rings. The fraction of sp³-hybridized carbons (Fsp3) is 0.500. The van der Waals surface area contributed by atoms with Gasteiger partial charge in [0.25, 0.3) is 0 Å². The zero-order chi connectivity index (χ0) is 5.70. The van der Waals surface area contributed by atoms with E-state index in [4.69, 9.17) is 17.1 Å². The third-order valence-electron chi connectivity index (χ3n) is 0.258. The van der Waals surface area contributed by atoms with Crippen molar-refractivity contribution < 1.29 is 4.79 Å². The van der Waals surface area contributed by atoms with E-state index in [-0.39, 0.29) is 6.54 Å². The van der Waals surface area contributed by atoms with Crippen molar-refractivity contribution in [3.05, 3.63) is 10.4 Å². The Bertz CT molecular complexity index is 116. The van der Waals surface area contributed by atoms with Gasteiger partial charge in [-0.3, -0.25) is 4.79 Å². The maximum atomic E-state index is 9.70. The number of azide groups is 1. The van der Waals surface area contributed by atoms with E-state index in [1.54, 1.807) is 0 Å². The van der Waals surface area contributed by atoms with Gasteiger partial charge in [0.15, 0.2) is 0 Å². The summed E-state index contributed by atoms with van der Waals surface area (Å²) in [7, 11) is 0. The highest BCUT2D eigenvalue weighted by Gasteiger charge is 1.86. The Morgan fingerprint density at radius 2 is 2.57 bits per heavy atom. The normalized spacial score (nSPS) is 7.00. The topological polar surface area (TPSA) is 65.8 Å². The molecule has 0 aliphatic rings. The number of carbonyl (C=O) groups is 1. The summed E-state index contributed by atoms with van der Waals surface area (Å²) < 4.78 is 0. The predicted octanol–water partition coefficient (Wildman–Crippen LogP) is 1.06. The van der Waals surface area contributed by atoms with Crippen LogP contribution in [0, 0.1) is 0 Å². The molecule has 0 aromatic heterocycles. The van der Waals surface area contributed by atoms with E-state index >= 15 is 0 Å². The van der Waals surface area contributed by atoms with Gasteiger partial charge in [-0.25, -0.2) is 0 Å². The molecule has 0 saturated heterocycles. The largest absolute Gasteiger partial charge is 0.281 e. The monoisotopic (exact) mass is 119 g/mol. The van der Waals surface area contributed by atoms with Gasteiger partial charge in [-0.05, 0) is 17.1 Å². The molecule has 0 heterocycles. The van der Waals surface area contributed by atoms with Gasteiger partial charge in [0.05, 0.1) is 0 Å². The Morgan fingerprint density at radius 1 is 2.00 bits per heavy atom. The van der Waals surface area contributed by atoms with Gasteiger partial charge in [0, 0.05) is 4.91 Å². The molecule has 4 nitrogen and oxygen atoms in total. The van der Waals surface area contributed by atoms with Gasteiger partial charge < -0.3 is 0 Å². The highest BCUT2D eigenvalue weighted by atomic mass is 35.5. The molecule has 0 atom stereocenters. The number of carbonyl (C=O) groups excluding carboxylic acids is 1. The molecule has 5 heteroatoms. The van der Waals surface area contributed by atoms with Crippen molar-refractivity contribution in [3.63, 3.8) is 0 Å². The van der Waals surface area contributed by atoms with Crippen molar-refractivity contribution in [2.45, 2.75) is 0 Å². The Balaban J connectivity index is 3.32. The van der Waals surface area contributed by atoms with E-state index in [9.17, 15) is 4.79 Å². The number of halogens is 1. The third kappa shape index (κ3) is 5.27. The summed E-state index contributed by atoms with van der Waals surface area (Å²) in [6.45, 7) is -0.266. The van der Waals surface area contributed by atoms with E-state index in [0.717, 1.165) is 0 Å². The van der Waals surface area contributed by atoms with Crippen LogP contribution in [0.15, 0.2) is 5.11 Å². The molecule has 0 aliphatic carbocycles. The van der Waals surface area contributed by atoms with Crippen LogP contribution in [-0.2, 0) is 4.79 Å². The number of nitrogens with zero attached hydrogens (tertiary/aromatic N) is 3. The van der Waals surface area contributed by atoms with Crippen LogP contribution >= 0.6 is 11.6 Å². The lowest BCUT2D eigenvalue weighted by Crippen LogP contribution is -1.87. The maximum Gasteiger partial charge on any atom is 0.227 e. The van der Waals surface area contributed by atoms with Crippen molar-refractivity contribution in [3.8, 4) is 0 Å². The molecule has 7 heavy (non-hydrogen) atoms. The van der Waals surface area contributed by atoms with Crippen molar-refractivity contribution >= 4 is 16.8 Å².